The van der Waals surface area contributed by atoms with Gasteiger partial charge in [-0.05, 0) is 104 Å². The molecular formula is C50H30N2. The molecule has 0 amide bonds. The summed E-state index contributed by atoms with van der Waals surface area (Å²) in [5.74, 6) is 0. The van der Waals surface area contributed by atoms with Gasteiger partial charge >= 0.3 is 0 Å². The quantitative estimate of drug-likeness (QED) is 0.179. The number of hydrogen-bond acceptors (Lipinski definition) is 0. The lowest BCUT2D eigenvalue weighted by atomic mass is 10.0. The molecule has 2 aromatic heterocycles. The Hall–Kier alpha value is -6.90. The average molecular weight is 659 g/mol. The maximum absolute atomic E-state index is 2.47. The summed E-state index contributed by atoms with van der Waals surface area (Å²) in [5, 5.41) is 10.2. The van der Waals surface area contributed by atoms with Crippen LogP contribution in [0.1, 0.15) is 0 Å². The van der Waals surface area contributed by atoms with Crippen molar-refractivity contribution in [3.8, 4) is 44.8 Å². The van der Waals surface area contributed by atoms with E-state index in [-0.39, 0.29) is 0 Å². The van der Waals surface area contributed by atoms with Crippen LogP contribution in [0.2, 0.25) is 0 Å². The van der Waals surface area contributed by atoms with E-state index >= 15 is 0 Å². The van der Waals surface area contributed by atoms with Gasteiger partial charge in [0.25, 0.3) is 0 Å². The highest BCUT2D eigenvalue weighted by Crippen LogP contribution is 2.49. The minimum absolute atomic E-state index is 1.18. The van der Waals surface area contributed by atoms with Crippen LogP contribution in [0.5, 0.6) is 0 Å². The van der Waals surface area contributed by atoms with Crippen LogP contribution in [0.25, 0.3) is 110 Å². The van der Waals surface area contributed by atoms with E-state index in [2.05, 4.69) is 191 Å². The van der Waals surface area contributed by atoms with Gasteiger partial charge < -0.3 is 9.13 Å². The summed E-state index contributed by atoms with van der Waals surface area (Å²) in [6.45, 7) is 0. The van der Waals surface area contributed by atoms with Crippen LogP contribution in [-0.2, 0) is 0 Å². The fourth-order valence-corrected chi connectivity index (χ4v) is 9.15. The number of aromatic nitrogens is 2. The molecule has 11 aromatic rings. The van der Waals surface area contributed by atoms with Gasteiger partial charge in [-0.3, -0.25) is 0 Å². The molecule has 0 saturated carbocycles. The van der Waals surface area contributed by atoms with Crippen molar-refractivity contribution in [1.82, 2.24) is 9.13 Å². The largest absolute Gasteiger partial charge is 0.309 e. The predicted octanol–water partition coefficient (Wildman–Crippen LogP) is 13.5. The van der Waals surface area contributed by atoms with Gasteiger partial charge in [0, 0.05) is 32.6 Å². The van der Waals surface area contributed by atoms with E-state index in [0.29, 0.717) is 0 Å². The van der Waals surface area contributed by atoms with Gasteiger partial charge in [0.1, 0.15) is 0 Å². The van der Waals surface area contributed by atoms with Crippen molar-refractivity contribution in [1.29, 1.82) is 0 Å². The summed E-state index contributed by atoms with van der Waals surface area (Å²) in [4.78, 5) is 0. The molecule has 1 aliphatic rings. The lowest BCUT2D eigenvalue weighted by molar-refractivity contribution is 1.19. The summed E-state index contributed by atoms with van der Waals surface area (Å²) >= 11 is 0. The SMILES string of the molecule is c1ccc2c(c1)-c1cccc3c(-n4c5ccccc5c5cc(-c6ccc7c(c6)c6ccccc6n7-c6ccc7ccccc7c6)ccc54)ccc-2c13. The van der Waals surface area contributed by atoms with Crippen molar-refractivity contribution in [2.75, 3.05) is 0 Å². The molecular weight excluding hydrogens is 629 g/mol. The molecule has 12 rings (SSSR count). The molecule has 0 aliphatic heterocycles. The van der Waals surface area contributed by atoms with E-state index in [4.69, 9.17) is 0 Å². The summed E-state index contributed by atoms with van der Waals surface area (Å²) in [6.07, 6.45) is 0. The Bertz CT molecular complexity index is 3270. The zero-order chi connectivity index (χ0) is 33.9. The average Bonchev–Trinajstić information content (AvgIpc) is 3.84. The van der Waals surface area contributed by atoms with Gasteiger partial charge in [-0.15, -0.1) is 0 Å². The number of fused-ring (bicyclic) bond motifs is 10. The first-order chi connectivity index (χ1) is 25.8. The van der Waals surface area contributed by atoms with Gasteiger partial charge in [-0.25, -0.2) is 0 Å². The van der Waals surface area contributed by atoms with Gasteiger partial charge in [0.2, 0.25) is 0 Å². The molecule has 0 fully saturated rings. The zero-order valence-corrected chi connectivity index (χ0v) is 28.2. The number of para-hydroxylation sites is 2. The van der Waals surface area contributed by atoms with Crippen LogP contribution in [0.15, 0.2) is 182 Å². The van der Waals surface area contributed by atoms with Gasteiger partial charge in [-0.2, -0.15) is 0 Å². The second-order valence-electron chi connectivity index (χ2n) is 14.1. The Kier molecular flexibility index (Phi) is 5.53. The summed E-state index contributed by atoms with van der Waals surface area (Å²) in [7, 11) is 0. The number of benzene rings is 9. The third-order valence-electron chi connectivity index (χ3n) is 11.4. The van der Waals surface area contributed by atoms with E-state index in [9.17, 15) is 0 Å². The lowest BCUT2D eigenvalue weighted by Gasteiger charge is -2.13. The van der Waals surface area contributed by atoms with Crippen molar-refractivity contribution in [2.45, 2.75) is 0 Å². The molecule has 0 spiro atoms. The number of hydrogen-bond donors (Lipinski definition) is 0. The molecule has 0 N–H and O–H groups in total. The highest BCUT2D eigenvalue weighted by molar-refractivity contribution is 6.19. The van der Waals surface area contributed by atoms with E-state index in [0.717, 1.165) is 0 Å². The van der Waals surface area contributed by atoms with Crippen LogP contribution in [0, 0.1) is 0 Å². The molecule has 0 atom stereocenters. The van der Waals surface area contributed by atoms with Crippen molar-refractivity contribution < 1.29 is 0 Å². The fourth-order valence-electron chi connectivity index (χ4n) is 9.15. The summed E-state index contributed by atoms with van der Waals surface area (Å²) < 4.78 is 4.88. The molecule has 9 aromatic carbocycles. The molecule has 2 heteroatoms. The van der Waals surface area contributed by atoms with E-state index in [1.807, 2.05) is 0 Å². The molecule has 52 heavy (non-hydrogen) atoms. The number of rotatable bonds is 3. The van der Waals surface area contributed by atoms with Crippen molar-refractivity contribution in [3.63, 3.8) is 0 Å². The molecule has 0 radical (unpaired) electrons. The lowest BCUT2D eigenvalue weighted by Crippen LogP contribution is -1.95. The minimum atomic E-state index is 1.18. The Balaban J connectivity index is 1.05. The fraction of sp³-hybridized carbons (Fsp3) is 0. The third kappa shape index (κ3) is 3.73. The highest BCUT2D eigenvalue weighted by Gasteiger charge is 2.24. The topological polar surface area (TPSA) is 9.86 Å². The van der Waals surface area contributed by atoms with Crippen LogP contribution < -0.4 is 0 Å². The normalized spacial score (nSPS) is 12.2. The minimum Gasteiger partial charge on any atom is -0.309 e. The Morgan fingerprint density at radius 3 is 1.56 bits per heavy atom. The maximum atomic E-state index is 2.47. The van der Waals surface area contributed by atoms with E-state index in [1.165, 1.54) is 110 Å². The summed E-state index contributed by atoms with van der Waals surface area (Å²) in [6, 6.07) is 67.3. The first-order valence-electron chi connectivity index (χ1n) is 18.0. The number of nitrogens with zero attached hydrogens (tertiary/aromatic N) is 2. The molecule has 2 heterocycles. The van der Waals surface area contributed by atoms with Crippen LogP contribution in [-0.4, -0.2) is 9.13 Å². The van der Waals surface area contributed by atoms with Crippen LogP contribution in [0.4, 0.5) is 0 Å². The predicted molar refractivity (Wildman–Crippen MR) is 220 cm³/mol. The monoisotopic (exact) mass is 658 g/mol. The highest BCUT2D eigenvalue weighted by atomic mass is 15.0. The molecule has 1 aliphatic carbocycles. The van der Waals surface area contributed by atoms with Crippen molar-refractivity contribution in [2.24, 2.45) is 0 Å². The standard InChI is InChI=1S/C50H30N2/c1-2-11-32-28-35(23-20-31(32)10-1)51-45-18-7-5-14-38(45)43-29-33(21-25-48(43)51)34-22-26-49-44(30-34)39-15-6-8-19-46(39)52(49)47-27-24-41-37-13-4-3-12-36(37)40-16-9-17-42(47)50(40)41/h1-30H. The molecule has 0 bridgehead atoms. The second-order valence-corrected chi connectivity index (χ2v) is 14.1. The summed E-state index contributed by atoms with van der Waals surface area (Å²) in [5.41, 5.74) is 15.0. The zero-order valence-electron chi connectivity index (χ0n) is 28.2. The first-order valence-corrected chi connectivity index (χ1v) is 18.0. The van der Waals surface area contributed by atoms with Crippen LogP contribution in [0.3, 0.4) is 0 Å². The molecule has 240 valence electrons. The van der Waals surface area contributed by atoms with Crippen LogP contribution >= 0.6 is 0 Å². The Morgan fingerprint density at radius 1 is 0.288 bits per heavy atom. The van der Waals surface area contributed by atoms with Gasteiger partial charge in [0.05, 0.1) is 27.8 Å². The smallest absolute Gasteiger partial charge is 0.0541 e. The molecule has 2 nitrogen and oxygen atoms in total. The molecule has 0 unspecified atom stereocenters. The van der Waals surface area contributed by atoms with E-state index in [1.54, 1.807) is 0 Å². The third-order valence-corrected chi connectivity index (χ3v) is 11.4. The maximum Gasteiger partial charge on any atom is 0.0541 e. The van der Waals surface area contributed by atoms with E-state index < -0.39 is 0 Å². The first kappa shape index (κ1) is 27.9. The van der Waals surface area contributed by atoms with Gasteiger partial charge in [-0.1, -0.05) is 127 Å². The Labute approximate surface area is 300 Å². The molecule has 0 saturated heterocycles. The van der Waals surface area contributed by atoms with Crippen molar-refractivity contribution >= 4 is 65.2 Å². The second kappa shape index (κ2) is 10.3. The van der Waals surface area contributed by atoms with Crippen molar-refractivity contribution in [3.05, 3.63) is 182 Å². The van der Waals surface area contributed by atoms with Gasteiger partial charge in [0.15, 0.2) is 0 Å². The Morgan fingerprint density at radius 2 is 0.827 bits per heavy atom.